The summed E-state index contributed by atoms with van der Waals surface area (Å²) < 4.78 is 5.36. The molecule has 6 nitrogen and oxygen atoms in total. The van der Waals surface area contributed by atoms with Crippen LogP contribution < -0.4 is 4.74 Å². The van der Waals surface area contributed by atoms with Gasteiger partial charge in [-0.05, 0) is 54.2 Å². The molecule has 0 aromatic heterocycles. The van der Waals surface area contributed by atoms with Crippen LogP contribution >= 0.6 is 0 Å². The van der Waals surface area contributed by atoms with Crippen LogP contribution in [-0.2, 0) is 6.42 Å². The highest BCUT2D eigenvalue weighted by atomic mass is 16.5. The van der Waals surface area contributed by atoms with Gasteiger partial charge in [-0.1, -0.05) is 91.0 Å². The zero-order valence-electron chi connectivity index (χ0n) is 22.9. The number of aromatic hydroxyl groups is 3. The van der Waals surface area contributed by atoms with E-state index in [1.54, 1.807) is 42.5 Å². The van der Waals surface area contributed by atoms with Crippen LogP contribution in [0.5, 0.6) is 23.0 Å². The molecule has 0 amide bonds. The first kappa shape index (κ1) is 29.2. The lowest BCUT2D eigenvalue weighted by atomic mass is 9.87. The van der Waals surface area contributed by atoms with Gasteiger partial charge in [0, 0.05) is 17.5 Å². The number of carbonyl (C=O) groups is 1. The lowest BCUT2D eigenvalue weighted by molar-refractivity contribution is 0.104. The first-order valence-electron chi connectivity index (χ1n) is 13.4. The van der Waals surface area contributed by atoms with Crippen LogP contribution in [0.3, 0.4) is 0 Å². The maximum atomic E-state index is 13.3. The number of benzene rings is 4. The Balaban J connectivity index is 1.69. The van der Waals surface area contributed by atoms with E-state index in [-0.39, 0.29) is 34.8 Å². The van der Waals surface area contributed by atoms with Crippen LogP contribution in [0.25, 0.3) is 12.2 Å². The van der Waals surface area contributed by atoms with Crippen molar-refractivity contribution in [1.82, 2.24) is 0 Å². The molecule has 4 aromatic rings. The Morgan fingerprint density at radius 2 is 1.49 bits per heavy atom. The van der Waals surface area contributed by atoms with Crippen LogP contribution in [0.1, 0.15) is 51.4 Å². The van der Waals surface area contributed by atoms with Gasteiger partial charge in [-0.3, -0.25) is 4.79 Å². The molecule has 0 heterocycles. The minimum absolute atomic E-state index is 0.0392. The van der Waals surface area contributed by atoms with E-state index < -0.39 is 23.6 Å². The zero-order chi connectivity index (χ0) is 29.2. The molecule has 0 fully saturated rings. The topological polar surface area (TPSA) is 107 Å². The minimum Gasteiger partial charge on any atom is -0.508 e. The van der Waals surface area contributed by atoms with Crippen LogP contribution in [-0.4, -0.2) is 39.4 Å². The van der Waals surface area contributed by atoms with Gasteiger partial charge in [0.25, 0.3) is 0 Å². The van der Waals surface area contributed by atoms with Crippen molar-refractivity contribution in [2.75, 3.05) is 7.11 Å². The molecule has 0 radical (unpaired) electrons. The second-order valence-corrected chi connectivity index (χ2v) is 9.81. The smallest absolute Gasteiger partial charge is 0.193 e. The van der Waals surface area contributed by atoms with Crippen LogP contribution in [0.2, 0.25) is 0 Å². The van der Waals surface area contributed by atoms with Crippen LogP contribution in [0, 0.1) is 0 Å². The number of aliphatic hydroxyl groups is 1. The molecule has 0 aliphatic heterocycles. The van der Waals surface area contributed by atoms with Crippen LogP contribution in [0.4, 0.5) is 0 Å². The van der Waals surface area contributed by atoms with E-state index in [1.807, 2.05) is 60.7 Å². The summed E-state index contributed by atoms with van der Waals surface area (Å²) in [5.41, 5.74) is 2.73. The van der Waals surface area contributed by atoms with Crippen molar-refractivity contribution in [2.45, 2.75) is 31.3 Å². The summed E-state index contributed by atoms with van der Waals surface area (Å²) in [4.78, 5) is 13.3. The Morgan fingerprint density at radius 1 is 0.854 bits per heavy atom. The molecular weight excluding hydrogens is 516 g/mol. The van der Waals surface area contributed by atoms with Crippen molar-refractivity contribution in [3.05, 3.63) is 131 Å². The number of rotatable bonds is 12. The Bertz CT molecular complexity index is 1490. The van der Waals surface area contributed by atoms with Gasteiger partial charge in [-0.2, -0.15) is 0 Å². The van der Waals surface area contributed by atoms with E-state index in [2.05, 4.69) is 0 Å². The molecule has 0 aliphatic rings. The standard InChI is InChI=1S/C35H34O6/c1-41-32-23-31(39)33(35(40)34(32)30(38)21-16-25-10-6-3-7-11-25)27(17-12-26-13-18-28(36)19-14-26)22-29(37)20-15-24-8-4-2-5-9-24/h2-14,16-19,21,23,27,29,36-37,39-40H,15,20,22H2,1H3/b17-12+,21-16-/t27-,29+/m0/s1. The van der Waals surface area contributed by atoms with E-state index >= 15 is 0 Å². The molecule has 0 spiro atoms. The molecule has 41 heavy (non-hydrogen) atoms. The molecular formula is C35H34O6. The molecule has 2 atom stereocenters. The largest absolute Gasteiger partial charge is 0.508 e. The summed E-state index contributed by atoms with van der Waals surface area (Å²) in [6.45, 7) is 0. The summed E-state index contributed by atoms with van der Waals surface area (Å²) in [6.07, 6.45) is 7.10. The second kappa shape index (κ2) is 14.0. The number of ether oxygens (including phenoxy) is 1. The number of methoxy groups -OCH3 is 1. The molecule has 0 aliphatic carbocycles. The van der Waals surface area contributed by atoms with Crippen molar-refractivity contribution >= 4 is 17.9 Å². The van der Waals surface area contributed by atoms with Gasteiger partial charge >= 0.3 is 0 Å². The minimum atomic E-state index is -0.761. The molecule has 6 heteroatoms. The molecule has 0 saturated carbocycles. The van der Waals surface area contributed by atoms with E-state index in [1.165, 1.54) is 19.3 Å². The van der Waals surface area contributed by atoms with Crippen LogP contribution in [0.15, 0.2) is 103 Å². The maximum Gasteiger partial charge on any atom is 0.193 e. The fraction of sp³-hybridized carbons (Fsp3) is 0.171. The number of aryl methyl sites for hydroxylation is 1. The van der Waals surface area contributed by atoms with E-state index in [4.69, 9.17) is 4.74 Å². The van der Waals surface area contributed by atoms with Gasteiger partial charge < -0.3 is 25.2 Å². The lowest BCUT2D eigenvalue weighted by Gasteiger charge is -2.22. The third-order valence-electron chi connectivity index (χ3n) is 6.90. The van der Waals surface area contributed by atoms with Gasteiger partial charge in [0.05, 0.1) is 13.2 Å². The Labute approximate surface area is 240 Å². The fourth-order valence-electron chi connectivity index (χ4n) is 4.73. The van der Waals surface area contributed by atoms with Gasteiger partial charge in [0.1, 0.15) is 28.6 Å². The molecule has 0 saturated heterocycles. The maximum absolute atomic E-state index is 13.3. The molecule has 0 unspecified atom stereocenters. The number of hydrogen-bond acceptors (Lipinski definition) is 6. The lowest BCUT2D eigenvalue weighted by Crippen LogP contribution is -2.14. The number of phenolic OH excluding ortho intramolecular Hbond substituents is 3. The van der Waals surface area contributed by atoms with Gasteiger partial charge in [0.2, 0.25) is 0 Å². The summed E-state index contributed by atoms with van der Waals surface area (Å²) in [6, 6.07) is 27.0. The number of hydrogen-bond donors (Lipinski definition) is 4. The number of carbonyl (C=O) groups excluding carboxylic acids is 1. The fourth-order valence-corrected chi connectivity index (χ4v) is 4.73. The van der Waals surface area contributed by atoms with E-state index in [0.29, 0.717) is 12.8 Å². The molecule has 210 valence electrons. The van der Waals surface area contributed by atoms with Gasteiger partial charge in [-0.25, -0.2) is 0 Å². The third-order valence-corrected chi connectivity index (χ3v) is 6.90. The highest BCUT2D eigenvalue weighted by molar-refractivity contribution is 6.11. The Morgan fingerprint density at radius 3 is 2.15 bits per heavy atom. The van der Waals surface area contributed by atoms with E-state index in [9.17, 15) is 25.2 Å². The van der Waals surface area contributed by atoms with Gasteiger partial charge in [0.15, 0.2) is 5.78 Å². The van der Waals surface area contributed by atoms with Crippen molar-refractivity contribution < 1.29 is 30.0 Å². The Hall–Kier alpha value is -4.81. The average Bonchev–Trinajstić information content (AvgIpc) is 2.99. The first-order chi connectivity index (χ1) is 19.9. The average molecular weight is 551 g/mol. The molecule has 4 rings (SSSR count). The normalized spacial score (nSPS) is 12.9. The first-order valence-corrected chi connectivity index (χ1v) is 13.4. The van der Waals surface area contributed by atoms with E-state index in [0.717, 1.165) is 16.7 Å². The van der Waals surface area contributed by atoms with Crippen molar-refractivity contribution in [2.24, 2.45) is 0 Å². The predicted molar refractivity (Wildman–Crippen MR) is 161 cm³/mol. The Kier molecular flexibility index (Phi) is 9.97. The zero-order valence-corrected chi connectivity index (χ0v) is 22.9. The van der Waals surface area contributed by atoms with Crippen molar-refractivity contribution in [1.29, 1.82) is 0 Å². The quantitative estimate of drug-likeness (QED) is 0.113. The highest BCUT2D eigenvalue weighted by Crippen LogP contribution is 2.44. The third kappa shape index (κ3) is 7.87. The number of phenols is 3. The van der Waals surface area contributed by atoms with Crippen molar-refractivity contribution in [3.63, 3.8) is 0 Å². The number of allylic oxidation sites excluding steroid dienone is 2. The summed E-state index contributed by atoms with van der Waals surface area (Å²) in [5, 5.41) is 43.1. The highest BCUT2D eigenvalue weighted by Gasteiger charge is 2.27. The predicted octanol–water partition coefficient (Wildman–Crippen LogP) is 6.89. The molecule has 4 aromatic carbocycles. The monoisotopic (exact) mass is 550 g/mol. The number of aliphatic hydroxyl groups excluding tert-OH is 1. The number of ketones is 1. The van der Waals surface area contributed by atoms with Gasteiger partial charge in [-0.15, -0.1) is 0 Å². The summed E-state index contributed by atoms with van der Waals surface area (Å²) in [7, 11) is 1.36. The summed E-state index contributed by atoms with van der Waals surface area (Å²) >= 11 is 0. The molecule has 4 N–H and O–H groups in total. The SMILES string of the molecule is COc1cc(O)c([C@@H](/C=C/c2ccc(O)cc2)C[C@H](O)CCc2ccccc2)c(O)c1C(=O)/C=C\c1ccccc1. The summed E-state index contributed by atoms with van der Waals surface area (Å²) in [5.74, 6) is -1.62. The molecule has 0 bridgehead atoms. The van der Waals surface area contributed by atoms with Crippen molar-refractivity contribution in [3.8, 4) is 23.0 Å². The second-order valence-electron chi connectivity index (χ2n) is 9.81.